The Kier molecular flexibility index (Phi) is 8.90. The lowest BCUT2D eigenvalue weighted by Gasteiger charge is -2.23. The molecule has 1 aromatic heterocycles. The van der Waals surface area contributed by atoms with Crippen LogP contribution in [0.25, 0.3) is 0 Å². The summed E-state index contributed by atoms with van der Waals surface area (Å²) in [6, 6.07) is 2.19. The molecule has 0 fully saturated rings. The second kappa shape index (κ2) is 9.88. The third kappa shape index (κ3) is 8.05. The average Bonchev–Trinajstić information content (AvgIpc) is 2.77. The summed E-state index contributed by atoms with van der Waals surface area (Å²) in [6.45, 7) is 8.91. The first-order valence-electron chi connectivity index (χ1n) is 6.92. The molecule has 5 heteroatoms. The second-order valence-electron chi connectivity index (χ2n) is 5.05. The van der Waals surface area contributed by atoms with E-state index in [0.717, 1.165) is 32.7 Å². The molecule has 0 spiro atoms. The Labute approximate surface area is 130 Å². The first kappa shape index (κ1) is 17.1. The van der Waals surface area contributed by atoms with Gasteiger partial charge in [-0.25, -0.2) is 0 Å². The third-order valence-electron chi connectivity index (χ3n) is 2.93. The topological polar surface area (TPSA) is 18.5 Å². The summed E-state index contributed by atoms with van der Waals surface area (Å²) < 4.78 is 1.19. The highest BCUT2D eigenvalue weighted by Gasteiger charge is 2.04. The van der Waals surface area contributed by atoms with Gasteiger partial charge in [0.2, 0.25) is 0 Å². The number of nitrogens with one attached hydrogen (secondary N) is 1. The van der Waals surface area contributed by atoms with Crippen molar-refractivity contribution in [2.45, 2.75) is 19.9 Å². The number of likely N-dealkylation sites (N-methyl/N-ethyl adjacent to an activating group) is 1. The van der Waals surface area contributed by atoms with Crippen LogP contribution in [0.3, 0.4) is 0 Å². The van der Waals surface area contributed by atoms with E-state index in [2.05, 4.69) is 63.5 Å². The predicted molar refractivity (Wildman–Crippen MR) is 89.0 cm³/mol. The molecule has 1 heterocycles. The van der Waals surface area contributed by atoms with E-state index in [4.69, 9.17) is 0 Å². The van der Waals surface area contributed by atoms with E-state index < -0.39 is 0 Å². The van der Waals surface area contributed by atoms with Crippen molar-refractivity contribution >= 4 is 27.3 Å². The molecule has 0 aliphatic carbocycles. The fourth-order valence-electron chi connectivity index (χ4n) is 1.89. The Morgan fingerprint density at radius 2 is 2.00 bits per heavy atom. The SMILES string of the molecule is CCCN(CCNCc1cc(Br)cs1)CCN(C)C. The van der Waals surface area contributed by atoms with Crippen LogP contribution in [0.2, 0.25) is 0 Å². The number of hydrogen-bond acceptors (Lipinski definition) is 4. The third-order valence-corrected chi connectivity index (χ3v) is 4.63. The van der Waals surface area contributed by atoms with Crippen LogP contribution in [-0.4, -0.2) is 56.6 Å². The molecule has 0 saturated carbocycles. The van der Waals surface area contributed by atoms with E-state index in [1.807, 2.05) is 0 Å². The molecule has 0 bridgehead atoms. The number of halogens is 1. The lowest BCUT2D eigenvalue weighted by molar-refractivity contribution is 0.241. The van der Waals surface area contributed by atoms with Crippen LogP contribution in [0, 0.1) is 0 Å². The van der Waals surface area contributed by atoms with Crippen molar-refractivity contribution < 1.29 is 0 Å². The molecule has 19 heavy (non-hydrogen) atoms. The summed E-state index contributed by atoms with van der Waals surface area (Å²) in [4.78, 5) is 6.18. The maximum Gasteiger partial charge on any atom is 0.0300 e. The Bertz CT molecular complexity index is 341. The molecule has 0 aromatic carbocycles. The van der Waals surface area contributed by atoms with E-state index in [1.165, 1.54) is 22.3 Å². The maximum atomic E-state index is 3.53. The lowest BCUT2D eigenvalue weighted by atomic mass is 10.3. The predicted octanol–water partition coefficient (Wildman–Crippen LogP) is 2.87. The molecule has 0 atom stereocenters. The van der Waals surface area contributed by atoms with Crippen LogP contribution in [0.4, 0.5) is 0 Å². The molecule has 0 aliphatic rings. The molecule has 0 radical (unpaired) electrons. The van der Waals surface area contributed by atoms with Gasteiger partial charge in [0.15, 0.2) is 0 Å². The van der Waals surface area contributed by atoms with Gasteiger partial charge >= 0.3 is 0 Å². The normalized spacial score (nSPS) is 11.7. The highest BCUT2D eigenvalue weighted by Crippen LogP contribution is 2.19. The van der Waals surface area contributed by atoms with Gasteiger partial charge in [0.05, 0.1) is 0 Å². The summed E-state index contributed by atoms with van der Waals surface area (Å²) in [6.07, 6.45) is 1.23. The first-order valence-corrected chi connectivity index (χ1v) is 8.59. The Balaban J connectivity index is 2.16. The zero-order chi connectivity index (χ0) is 14.1. The number of rotatable bonds is 10. The summed E-state index contributed by atoms with van der Waals surface area (Å²) in [5.41, 5.74) is 0. The van der Waals surface area contributed by atoms with E-state index in [0.29, 0.717) is 0 Å². The molecule has 0 amide bonds. The molecule has 0 aliphatic heterocycles. The maximum absolute atomic E-state index is 3.53. The van der Waals surface area contributed by atoms with Gasteiger partial charge in [0, 0.05) is 47.5 Å². The van der Waals surface area contributed by atoms with E-state index in [1.54, 1.807) is 11.3 Å². The quantitative estimate of drug-likeness (QED) is 0.656. The molecule has 1 N–H and O–H groups in total. The molecule has 1 rings (SSSR count). The Hall–Kier alpha value is 0.0600. The van der Waals surface area contributed by atoms with Crippen molar-refractivity contribution in [1.29, 1.82) is 0 Å². The van der Waals surface area contributed by atoms with Gasteiger partial charge in [-0.1, -0.05) is 6.92 Å². The highest BCUT2D eigenvalue weighted by molar-refractivity contribution is 9.10. The molecule has 110 valence electrons. The fraction of sp³-hybridized carbons (Fsp3) is 0.714. The van der Waals surface area contributed by atoms with Gasteiger partial charge in [-0.2, -0.15) is 0 Å². The molecular formula is C14H26BrN3S. The van der Waals surface area contributed by atoms with Crippen LogP contribution in [-0.2, 0) is 6.54 Å². The zero-order valence-electron chi connectivity index (χ0n) is 12.3. The minimum absolute atomic E-state index is 0.976. The summed E-state index contributed by atoms with van der Waals surface area (Å²) in [5, 5.41) is 5.66. The smallest absolute Gasteiger partial charge is 0.0300 e. The van der Waals surface area contributed by atoms with Crippen molar-refractivity contribution in [2.24, 2.45) is 0 Å². The number of thiophene rings is 1. The summed E-state index contributed by atoms with van der Waals surface area (Å²) >= 11 is 5.29. The molecule has 0 saturated heterocycles. The van der Waals surface area contributed by atoms with Gasteiger partial charge in [-0.3, -0.25) is 0 Å². The minimum Gasteiger partial charge on any atom is -0.311 e. The van der Waals surface area contributed by atoms with E-state index in [9.17, 15) is 0 Å². The molecule has 1 aromatic rings. The number of nitrogens with zero attached hydrogens (tertiary/aromatic N) is 2. The zero-order valence-corrected chi connectivity index (χ0v) is 14.7. The lowest BCUT2D eigenvalue weighted by Crippen LogP contribution is -2.37. The minimum atomic E-state index is 0.976. The van der Waals surface area contributed by atoms with Crippen molar-refractivity contribution in [1.82, 2.24) is 15.1 Å². The van der Waals surface area contributed by atoms with Gasteiger partial charge in [0.1, 0.15) is 0 Å². The van der Waals surface area contributed by atoms with Crippen LogP contribution >= 0.6 is 27.3 Å². The molecule has 0 unspecified atom stereocenters. The van der Waals surface area contributed by atoms with E-state index >= 15 is 0 Å². The second-order valence-corrected chi connectivity index (χ2v) is 6.96. The fourth-order valence-corrected chi connectivity index (χ4v) is 3.31. The standard InChI is InChI=1S/C14H26BrN3S/c1-4-6-18(9-8-17(2)3)7-5-16-11-14-10-13(15)12-19-14/h10,12,16H,4-9,11H2,1-3H3. The van der Waals surface area contributed by atoms with Crippen LogP contribution in [0.15, 0.2) is 15.9 Å². The van der Waals surface area contributed by atoms with Gasteiger partial charge in [-0.05, 0) is 49.1 Å². The van der Waals surface area contributed by atoms with E-state index in [-0.39, 0.29) is 0 Å². The largest absolute Gasteiger partial charge is 0.311 e. The average molecular weight is 348 g/mol. The van der Waals surface area contributed by atoms with Crippen molar-refractivity contribution in [3.05, 3.63) is 20.8 Å². The molecule has 3 nitrogen and oxygen atoms in total. The van der Waals surface area contributed by atoms with Crippen LogP contribution < -0.4 is 5.32 Å². The first-order chi connectivity index (χ1) is 9.11. The Morgan fingerprint density at radius 3 is 2.58 bits per heavy atom. The van der Waals surface area contributed by atoms with Gasteiger partial charge in [-0.15, -0.1) is 11.3 Å². The summed E-state index contributed by atoms with van der Waals surface area (Å²) in [7, 11) is 4.27. The van der Waals surface area contributed by atoms with Crippen molar-refractivity contribution in [2.75, 3.05) is 46.8 Å². The van der Waals surface area contributed by atoms with Crippen LogP contribution in [0.5, 0.6) is 0 Å². The van der Waals surface area contributed by atoms with Crippen LogP contribution in [0.1, 0.15) is 18.2 Å². The van der Waals surface area contributed by atoms with Crippen molar-refractivity contribution in [3.8, 4) is 0 Å². The summed E-state index contributed by atoms with van der Waals surface area (Å²) in [5.74, 6) is 0. The van der Waals surface area contributed by atoms with Gasteiger partial charge in [0.25, 0.3) is 0 Å². The Morgan fingerprint density at radius 1 is 1.21 bits per heavy atom. The number of hydrogen-bond donors (Lipinski definition) is 1. The van der Waals surface area contributed by atoms with Gasteiger partial charge < -0.3 is 15.1 Å². The van der Waals surface area contributed by atoms with Crippen molar-refractivity contribution in [3.63, 3.8) is 0 Å². The highest BCUT2D eigenvalue weighted by atomic mass is 79.9. The molecular weight excluding hydrogens is 322 g/mol. The monoisotopic (exact) mass is 347 g/mol.